The molecular formula is C70H125LiN4O18. The number of carbonyl (C=O) groups excluding carboxylic acids is 5. The molecule has 4 rings (SSSR count). The number of carboxylic acids is 4. The van der Waals surface area contributed by atoms with Crippen LogP contribution in [0.2, 0.25) is 0 Å². The number of hydroxylamine groups is 4. The summed E-state index contributed by atoms with van der Waals surface area (Å²) in [4.78, 5) is 92.2. The van der Waals surface area contributed by atoms with Gasteiger partial charge < -0.3 is 65.2 Å². The monoisotopic (exact) mass is 1320 g/mol. The molecule has 4 aliphatic heterocycles. The van der Waals surface area contributed by atoms with Gasteiger partial charge in [0.25, 0.3) is 0 Å². The second kappa shape index (κ2) is 35.2. The van der Waals surface area contributed by atoms with Crippen molar-refractivity contribution in [2.24, 2.45) is 34.0 Å². The van der Waals surface area contributed by atoms with Crippen molar-refractivity contribution in [3.05, 3.63) is 24.8 Å². The zero-order valence-corrected chi connectivity index (χ0v) is 62.4. The van der Waals surface area contributed by atoms with Crippen molar-refractivity contribution in [3.8, 4) is 0 Å². The van der Waals surface area contributed by atoms with Gasteiger partial charge in [0.05, 0.1) is 28.1 Å². The van der Waals surface area contributed by atoms with E-state index in [2.05, 4.69) is 79.2 Å². The maximum Gasteiger partial charge on any atom is 1.00 e. The number of hydrogen-bond acceptors (Lipinski definition) is 19. The number of ether oxygens (including phenoxy) is 4. The number of aliphatic carboxylic acids is 4. The van der Waals surface area contributed by atoms with Crippen LogP contribution in [-0.2, 0) is 57.3 Å². The molecule has 22 nitrogen and oxygen atoms in total. The summed E-state index contributed by atoms with van der Waals surface area (Å²) in [5.41, 5.74) is -4.15. The fraction of sp³-hybridized carbons (Fsp3) is 0.829. The molecule has 0 saturated carbocycles. The van der Waals surface area contributed by atoms with Crippen molar-refractivity contribution >= 4 is 47.8 Å². The Hall–Kier alpha value is -4.40. The Balaban J connectivity index is 0. The molecule has 0 aromatic heterocycles. The van der Waals surface area contributed by atoms with Crippen molar-refractivity contribution in [2.75, 3.05) is 0 Å². The summed E-state index contributed by atoms with van der Waals surface area (Å²) in [7, 11) is 0. The molecule has 0 amide bonds. The van der Waals surface area contributed by atoms with Crippen LogP contribution < -0.4 is 34.6 Å². The predicted molar refractivity (Wildman–Crippen MR) is 352 cm³/mol. The van der Waals surface area contributed by atoms with Crippen molar-refractivity contribution in [1.29, 1.82) is 0 Å². The first-order valence-electron chi connectivity index (χ1n) is 32.8. The second-order valence-electron chi connectivity index (χ2n) is 32.8. The van der Waals surface area contributed by atoms with Crippen molar-refractivity contribution < 1.29 is 107 Å². The van der Waals surface area contributed by atoms with Gasteiger partial charge in [-0.15, -0.1) is 0 Å². The van der Waals surface area contributed by atoms with Crippen LogP contribution in [0.1, 0.15) is 270 Å². The van der Waals surface area contributed by atoms with Crippen LogP contribution in [0, 0.1) is 34.0 Å². The molecule has 0 radical (unpaired) electrons. The Bertz CT molecular complexity index is 2390. The van der Waals surface area contributed by atoms with Gasteiger partial charge in [-0.2, -0.15) is 10.1 Å². The molecule has 7 N–H and O–H groups in total. The van der Waals surface area contributed by atoms with Crippen LogP contribution in [0.15, 0.2) is 24.8 Å². The Morgan fingerprint density at radius 3 is 0.903 bits per heavy atom. The van der Waals surface area contributed by atoms with Crippen LogP contribution in [0.3, 0.4) is 0 Å². The molecule has 0 spiro atoms. The molecule has 4 aliphatic rings. The molecule has 0 aromatic carbocycles. The SMILES string of the molecule is C=C(C)C(=O)OC1CC(C)(C)NC(C)(C)C1.C=CC(=O)O.CCC(C)(CC(C)C(=O)O)C(=O)OC1CC(C)(C)N(O)C(C)(C)C1.CCC(C)(CC(C)C(=O)O)C(=O)OC1CC(C)(C)NC(C)(C)C1.CCC(C)(CC(C)C(=O)[O-])C(=O)OC1CC(C)(C)N(O)C(C)(C)C1.[Li+]. The van der Waals surface area contributed by atoms with Crippen molar-refractivity contribution in [3.63, 3.8) is 0 Å². The van der Waals surface area contributed by atoms with E-state index in [0.717, 1.165) is 31.8 Å². The number of carbonyl (C=O) groups is 8. The number of esters is 4. The van der Waals surface area contributed by atoms with E-state index in [4.69, 9.17) is 34.3 Å². The first kappa shape index (κ1) is 90.7. The number of piperidine rings is 4. The fourth-order valence-electron chi connectivity index (χ4n) is 13.7. The van der Waals surface area contributed by atoms with Gasteiger partial charge in [-0.25, -0.2) is 9.59 Å². The molecule has 4 saturated heterocycles. The number of nitrogens with one attached hydrogen (secondary N) is 2. The van der Waals surface area contributed by atoms with Crippen LogP contribution in [0.4, 0.5) is 0 Å². The molecule has 23 heteroatoms. The minimum atomic E-state index is -1.15. The number of carboxylic acid groups (broad SMARTS) is 4. The van der Waals surface area contributed by atoms with E-state index in [1.807, 2.05) is 83.1 Å². The van der Waals surface area contributed by atoms with Gasteiger partial charge in [-0.1, -0.05) is 54.7 Å². The molecule has 6 atom stereocenters. The molecule has 0 bridgehead atoms. The Labute approximate surface area is 570 Å². The zero-order chi connectivity index (χ0) is 72.7. The van der Waals surface area contributed by atoms with E-state index in [9.17, 15) is 53.9 Å². The third kappa shape index (κ3) is 29.5. The average molecular weight is 1320 g/mol. The van der Waals surface area contributed by atoms with Crippen LogP contribution in [0.5, 0.6) is 0 Å². The third-order valence-electron chi connectivity index (χ3n) is 18.5. The number of nitrogens with zero attached hydrogens (tertiary/aromatic N) is 2. The smallest absolute Gasteiger partial charge is 0.550 e. The molecule has 0 aromatic rings. The largest absolute Gasteiger partial charge is 1.00 e. The van der Waals surface area contributed by atoms with E-state index in [1.54, 1.807) is 41.5 Å². The van der Waals surface area contributed by atoms with Gasteiger partial charge in [-0.05, 0) is 183 Å². The quantitative estimate of drug-likeness (QED) is 0.0245. The summed E-state index contributed by atoms with van der Waals surface area (Å²) in [5.74, 6) is -7.06. The average Bonchev–Trinajstić information content (AvgIpc) is 0.791. The summed E-state index contributed by atoms with van der Waals surface area (Å²) < 4.78 is 22.8. The summed E-state index contributed by atoms with van der Waals surface area (Å²) in [6.07, 6.45) is 7.73. The van der Waals surface area contributed by atoms with Crippen molar-refractivity contribution in [1.82, 2.24) is 20.8 Å². The molecule has 534 valence electrons. The maximum absolute atomic E-state index is 12.7. The van der Waals surface area contributed by atoms with Gasteiger partial charge in [0.15, 0.2) is 0 Å². The summed E-state index contributed by atoms with van der Waals surface area (Å²) in [5, 5.41) is 67.3. The van der Waals surface area contributed by atoms with Crippen LogP contribution in [-0.4, -0.2) is 152 Å². The number of rotatable bonds is 21. The normalized spacial score (nSPS) is 23.3. The van der Waals surface area contributed by atoms with Gasteiger partial charge in [0, 0.05) is 113 Å². The Morgan fingerprint density at radius 2 is 0.710 bits per heavy atom. The van der Waals surface area contributed by atoms with Gasteiger partial charge >= 0.3 is 60.6 Å². The molecule has 4 heterocycles. The van der Waals surface area contributed by atoms with Crippen molar-refractivity contribution in [2.45, 2.75) is 339 Å². The molecule has 4 fully saturated rings. The van der Waals surface area contributed by atoms with E-state index in [0.29, 0.717) is 56.9 Å². The molecule has 93 heavy (non-hydrogen) atoms. The van der Waals surface area contributed by atoms with E-state index in [1.165, 1.54) is 10.1 Å². The van der Waals surface area contributed by atoms with Gasteiger partial charge in [0.2, 0.25) is 0 Å². The van der Waals surface area contributed by atoms with E-state index < -0.39 is 80.0 Å². The minimum Gasteiger partial charge on any atom is -0.550 e. The standard InChI is InChI=1S/2C18H33NO5.C18H33NO4.C13H23NO2.C3H4O2.Li/c2*1-8-18(7,9-12(2)14(20)21)15(22)24-13-10-16(3,4)19(23)17(5,6)11-13;1-8-18(7,9-12(2)14(20)21)15(22)23-13-10-16(3,4)19-17(5,6)11-13;1-9(2)11(15)16-10-7-12(3,4)14-13(5,6)8-10;1-2-3(4)5;/h2*12-13,23H,8-11H2,1-7H3,(H,20,21);12-13,19H,8-11H2,1-7H3,(H,20,21);10,14H,1,7-8H2,2-6H3;2H,1H2,(H,4,5);/q;;;;;+1/p-1. The van der Waals surface area contributed by atoms with Crippen LogP contribution in [0.25, 0.3) is 0 Å². The Morgan fingerprint density at radius 1 is 0.495 bits per heavy atom. The first-order chi connectivity index (χ1) is 41.2. The topological polar surface area (TPSA) is 328 Å². The summed E-state index contributed by atoms with van der Waals surface area (Å²) in [6, 6.07) is 0. The summed E-state index contributed by atoms with van der Waals surface area (Å²) >= 11 is 0. The van der Waals surface area contributed by atoms with Gasteiger partial charge in [0.1, 0.15) is 24.4 Å². The predicted octanol–water partition coefficient (Wildman–Crippen LogP) is 8.64. The van der Waals surface area contributed by atoms with Gasteiger partial charge in [-0.3, -0.25) is 24.0 Å². The number of hydrogen-bond donors (Lipinski definition) is 7. The third-order valence-corrected chi connectivity index (χ3v) is 18.5. The fourth-order valence-corrected chi connectivity index (χ4v) is 13.7. The minimum absolute atomic E-state index is 0. The second-order valence-corrected chi connectivity index (χ2v) is 32.8. The summed E-state index contributed by atoms with van der Waals surface area (Å²) in [6.45, 7) is 56.3. The van der Waals surface area contributed by atoms with E-state index in [-0.39, 0.29) is 102 Å². The zero-order valence-electron chi connectivity index (χ0n) is 62.4. The van der Waals surface area contributed by atoms with E-state index >= 15 is 0 Å². The first-order valence-corrected chi connectivity index (χ1v) is 32.8. The molecular weight excluding hydrogens is 1190 g/mol. The molecule has 6 unspecified atom stereocenters. The molecule has 0 aliphatic carbocycles. The Kier molecular flexibility index (Phi) is 34.3. The maximum atomic E-state index is 12.7. The van der Waals surface area contributed by atoms with Crippen LogP contribution >= 0.6 is 0 Å².